The summed E-state index contributed by atoms with van der Waals surface area (Å²) in [5.74, 6) is 0.148. The lowest BCUT2D eigenvalue weighted by Gasteiger charge is -2.34. The molecule has 26 heavy (non-hydrogen) atoms. The number of thiophene rings is 2. The lowest BCUT2D eigenvalue weighted by atomic mass is 10.0. The zero-order valence-electron chi connectivity index (χ0n) is 14.7. The predicted molar refractivity (Wildman–Crippen MR) is 107 cm³/mol. The van der Waals surface area contributed by atoms with E-state index in [0.29, 0.717) is 5.76 Å². The molecular weight excluding hydrogens is 364 g/mol. The van der Waals surface area contributed by atoms with Gasteiger partial charge in [-0.1, -0.05) is 12.5 Å². The van der Waals surface area contributed by atoms with Crippen LogP contribution in [0.15, 0.2) is 46.4 Å². The number of anilines is 1. The van der Waals surface area contributed by atoms with Gasteiger partial charge in [-0.2, -0.15) is 0 Å². The molecule has 1 atom stereocenters. The summed E-state index contributed by atoms with van der Waals surface area (Å²) in [5.41, 5.74) is 1.19. The van der Waals surface area contributed by atoms with Crippen molar-refractivity contribution in [2.75, 3.05) is 18.4 Å². The SMILES string of the molecule is Cc1cc([C@H](c2cccs2)N2CCCCC2)c(NC(=O)c2ccco2)s1. The predicted octanol–water partition coefficient (Wildman–Crippen LogP) is 5.54. The Morgan fingerprint density at radius 2 is 2.08 bits per heavy atom. The van der Waals surface area contributed by atoms with E-state index in [1.165, 1.54) is 40.8 Å². The molecule has 3 aromatic rings. The Labute approximate surface area is 161 Å². The number of aryl methyl sites for hydroxylation is 1. The molecule has 0 radical (unpaired) electrons. The fourth-order valence-corrected chi connectivity index (χ4v) is 5.38. The van der Waals surface area contributed by atoms with Crippen molar-refractivity contribution in [1.82, 2.24) is 4.90 Å². The third-order valence-electron chi connectivity index (χ3n) is 4.72. The van der Waals surface area contributed by atoms with Crippen molar-refractivity contribution in [2.45, 2.75) is 32.2 Å². The highest BCUT2D eigenvalue weighted by atomic mass is 32.1. The number of nitrogens with zero attached hydrogens (tertiary/aromatic N) is 1. The smallest absolute Gasteiger partial charge is 0.291 e. The van der Waals surface area contributed by atoms with Gasteiger partial charge in [-0.25, -0.2) is 0 Å². The van der Waals surface area contributed by atoms with Gasteiger partial charge in [0.25, 0.3) is 5.91 Å². The molecule has 0 aromatic carbocycles. The zero-order valence-corrected chi connectivity index (χ0v) is 16.4. The average molecular weight is 387 g/mol. The van der Waals surface area contributed by atoms with Crippen molar-refractivity contribution in [3.05, 3.63) is 63.1 Å². The van der Waals surface area contributed by atoms with Gasteiger partial charge in [0.1, 0.15) is 5.00 Å². The number of hydrogen-bond donors (Lipinski definition) is 1. The first-order valence-electron chi connectivity index (χ1n) is 8.95. The fraction of sp³-hybridized carbons (Fsp3) is 0.350. The molecule has 4 nitrogen and oxygen atoms in total. The van der Waals surface area contributed by atoms with Crippen molar-refractivity contribution >= 4 is 33.6 Å². The Kier molecular flexibility index (Phi) is 5.24. The summed E-state index contributed by atoms with van der Waals surface area (Å²) in [6.07, 6.45) is 5.30. The molecule has 6 heteroatoms. The Hall–Kier alpha value is -1.89. The van der Waals surface area contributed by atoms with E-state index in [4.69, 9.17) is 4.42 Å². The standard InChI is InChI=1S/C20H22N2O2S2/c1-14-13-15(20(26-14)21-19(23)16-7-5-11-24-16)18(17-8-6-12-25-17)22-9-3-2-4-10-22/h5-8,11-13,18H,2-4,9-10H2,1H3,(H,21,23)/t18-/m1/s1. The van der Waals surface area contributed by atoms with Crippen LogP contribution in [0.25, 0.3) is 0 Å². The van der Waals surface area contributed by atoms with Crippen LogP contribution in [0.2, 0.25) is 0 Å². The molecule has 0 saturated carbocycles. The maximum Gasteiger partial charge on any atom is 0.291 e. The number of nitrogens with one attached hydrogen (secondary N) is 1. The zero-order chi connectivity index (χ0) is 17.9. The van der Waals surface area contributed by atoms with Crippen LogP contribution >= 0.6 is 22.7 Å². The number of hydrogen-bond acceptors (Lipinski definition) is 5. The van der Waals surface area contributed by atoms with Gasteiger partial charge in [0, 0.05) is 15.3 Å². The van der Waals surface area contributed by atoms with Gasteiger partial charge in [0.2, 0.25) is 0 Å². The third kappa shape index (κ3) is 3.63. The minimum atomic E-state index is -0.193. The second-order valence-corrected chi connectivity index (χ2v) is 8.82. The van der Waals surface area contributed by atoms with Crippen molar-refractivity contribution in [3.8, 4) is 0 Å². The highest BCUT2D eigenvalue weighted by Gasteiger charge is 2.29. The highest BCUT2D eigenvalue weighted by molar-refractivity contribution is 7.16. The highest BCUT2D eigenvalue weighted by Crippen LogP contribution is 2.41. The molecule has 4 rings (SSSR count). The summed E-state index contributed by atoms with van der Waals surface area (Å²) in [7, 11) is 0. The van der Waals surface area contributed by atoms with Crippen molar-refractivity contribution < 1.29 is 9.21 Å². The molecule has 136 valence electrons. The average Bonchev–Trinajstić information content (AvgIpc) is 3.39. The number of furan rings is 1. The van der Waals surface area contributed by atoms with E-state index in [1.807, 2.05) is 0 Å². The monoisotopic (exact) mass is 386 g/mol. The summed E-state index contributed by atoms with van der Waals surface area (Å²) in [4.78, 5) is 17.6. The van der Waals surface area contributed by atoms with Gasteiger partial charge in [0.05, 0.1) is 12.3 Å². The largest absolute Gasteiger partial charge is 0.459 e. The molecule has 1 aliphatic rings. The van der Waals surface area contributed by atoms with Gasteiger partial charge in [-0.15, -0.1) is 22.7 Å². The Morgan fingerprint density at radius 1 is 1.23 bits per heavy atom. The molecule has 1 saturated heterocycles. The third-order valence-corrected chi connectivity index (χ3v) is 6.63. The molecule has 1 N–H and O–H groups in total. The van der Waals surface area contributed by atoms with Crippen LogP contribution in [-0.2, 0) is 0 Å². The number of piperidine rings is 1. The first-order valence-corrected chi connectivity index (χ1v) is 10.6. The van der Waals surface area contributed by atoms with E-state index in [2.05, 4.69) is 40.7 Å². The van der Waals surface area contributed by atoms with Gasteiger partial charge in [-0.3, -0.25) is 9.69 Å². The van der Waals surface area contributed by atoms with E-state index in [9.17, 15) is 4.79 Å². The molecule has 3 aromatic heterocycles. The van der Waals surface area contributed by atoms with Crippen molar-refractivity contribution in [3.63, 3.8) is 0 Å². The first-order chi connectivity index (χ1) is 12.7. The maximum absolute atomic E-state index is 12.5. The van der Waals surface area contributed by atoms with E-state index in [1.54, 1.807) is 34.8 Å². The molecule has 0 bridgehead atoms. The number of likely N-dealkylation sites (tertiary alicyclic amines) is 1. The molecule has 4 heterocycles. The first kappa shape index (κ1) is 17.5. The lowest BCUT2D eigenvalue weighted by Crippen LogP contribution is -2.34. The Balaban J connectivity index is 1.68. The topological polar surface area (TPSA) is 45.5 Å². The number of rotatable bonds is 5. The van der Waals surface area contributed by atoms with Crippen LogP contribution in [0.3, 0.4) is 0 Å². The maximum atomic E-state index is 12.5. The number of carbonyl (C=O) groups is 1. The molecule has 1 fully saturated rings. The van der Waals surface area contributed by atoms with Crippen LogP contribution in [-0.4, -0.2) is 23.9 Å². The molecule has 0 unspecified atom stereocenters. The second kappa shape index (κ2) is 7.78. The minimum absolute atomic E-state index is 0.193. The van der Waals surface area contributed by atoms with Gasteiger partial charge in [-0.05, 0) is 62.5 Å². The van der Waals surface area contributed by atoms with Crippen LogP contribution in [0.4, 0.5) is 5.00 Å². The van der Waals surface area contributed by atoms with Crippen LogP contribution in [0.1, 0.15) is 51.2 Å². The van der Waals surface area contributed by atoms with Crippen molar-refractivity contribution in [1.29, 1.82) is 0 Å². The summed E-state index contributed by atoms with van der Waals surface area (Å²) in [6.45, 7) is 4.30. The molecule has 1 aliphatic heterocycles. The number of amides is 1. The van der Waals surface area contributed by atoms with Crippen LogP contribution in [0.5, 0.6) is 0 Å². The minimum Gasteiger partial charge on any atom is -0.459 e. The van der Waals surface area contributed by atoms with Crippen LogP contribution in [0, 0.1) is 6.92 Å². The quantitative estimate of drug-likeness (QED) is 0.626. The summed E-state index contributed by atoms with van der Waals surface area (Å²) in [5, 5.41) is 6.13. The molecular formula is C20H22N2O2S2. The summed E-state index contributed by atoms with van der Waals surface area (Å²) in [6, 6.07) is 10.2. The lowest BCUT2D eigenvalue weighted by molar-refractivity contribution is 0.0996. The van der Waals surface area contributed by atoms with Gasteiger partial charge < -0.3 is 9.73 Å². The molecule has 1 amide bonds. The van der Waals surface area contributed by atoms with E-state index in [0.717, 1.165) is 18.1 Å². The Bertz CT molecular complexity index is 847. The van der Waals surface area contributed by atoms with Gasteiger partial charge >= 0.3 is 0 Å². The van der Waals surface area contributed by atoms with E-state index < -0.39 is 0 Å². The summed E-state index contributed by atoms with van der Waals surface area (Å²) < 4.78 is 5.25. The number of carbonyl (C=O) groups excluding carboxylic acids is 1. The fourth-order valence-electron chi connectivity index (χ4n) is 3.56. The second-order valence-electron chi connectivity index (χ2n) is 6.59. The van der Waals surface area contributed by atoms with Crippen LogP contribution < -0.4 is 5.32 Å². The van der Waals surface area contributed by atoms with E-state index in [-0.39, 0.29) is 11.9 Å². The van der Waals surface area contributed by atoms with Crippen molar-refractivity contribution in [2.24, 2.45) is 0 Å². The molecule has 0 spiro atoms. The van der Waals surface area contributed by atoms with E-state index >= 15 is 0 Å². The summed E-state index contributed by atoms with van der Waals surface area (Å²) >= 11 is 3.42. The normalized spacial score (nSPS) is 16.5. The van der Waals surface area contributed by atoms with Gasteiger partial charge in [0.15, 0.2) is 5.76 Å². The molecule has 0 aliphatic carbocycles. The Morgan fingerprint density at radius 3 is 2.77 bits per heavy atom.